The van der Waals surface area contributed by atoms with Crippen molar-refractivity contribution in [3.8, 4) is 0 Å². The van der Waals surface area contributed by atoms with E-state index in [0.717, 1.165) is 12.0 Å². The van der Waals surface area contributed by atoms with Crippen molar-refractivity contribution >= 4 is 10.4 Å². The summed E-state index contributed by atoms with van der Waals surface area (Å²) in [7, 11) is -4.92. The Labute approximate surface area is 380 Å². The van der Waals surface area contributed by atoms with Crippen LogP contribution in [0.1, 0.15) is 92.9 Å². The van der Waals surface area contributed by atoms with Crippen molar-refractivity contribution in [3.05, 3.63) is 11.6 Å². The maximum atomic E-state index is 12.2. The lowest BCUT2D eigenvalue weighted by Crippen LogP contribution is -2.63. The van der Waals surface area contributed by atoms with Gasteiger partial charge in [0.05, 0.1) is 43.7 Å². The average Bonchev–Trinajstić information content (AvgIpc) is 3.54. The molecule has 65 heavy (non-hydrogen) atoms. The van der Waals surface area contributed by atoms with Gasteiger partial charge in [-0.1, -0.05) is 46.3 Å². The third-order valence-corrected chi connectivity index (χ3v) is 17.2. The van der Waals surface area contributed by atoms with Crippen LogP contribution in [-0.4, -0.2) is 188 Å². The number of aliphatic hydroxyl groups is 10. The monoisotopic (exact) mass is 954 g/mol. The third-order valence-electron chi connectivity index (χ3n) is 16.7. The van der Waals surface area contributed by atoms with E-state index in [1.165, 1.54) is 6.92 Å². The molecule has 0 spiro atoms. The van der Waals surface area contributed by atoms with Crippen LogP contribution in [0.5, 0.6) is 0 Å². The van der Waals surface area contributed by atoms with Crippen molar-refractivity contribution in [1.29, 1.82) is 0 Å². The summed E-state index contributed by atoms with van der Waals surface area (Å²) in [4.78, 5) is 0. The molecule has 21 heteroatoms. The van der Waals surface area contributed by atoms with Crippen LogP contribution < -0.4 is 0 Å². The highest BCUT2D eigenvalue weighted by atomic mass is 32.3. The molecule has 0 radical (unpaired) electrons. The van der Waals surface area contributed by atoms with Crippen LogP contribution in [0.2, 0.25) is 0 Å². The Morgan fingerprint density at radius 2 is 1.48 bits per heavy atom. The Hall–Kier alpha value is -1.03. The number of ether oxygens (including phenoxy) is 6. The molecule has 11 N–H and O–H groups in total. The van der Waals surface area contributed by atoms with Crippen LogP contribution in [0.4, 0.5) is 0 Å². The Bertz CT molecular complexity index is 1750. The van der Waals surface area contributed by atoms with Crippen molar-refractivity contribution in [2.75, 3.05) is 13.2 Å². The number of aliphatic hydroxyl groups excluding tert-OH is 10. The molecule has 3 aliphatic heterocycles. The molecule has 25 unspecified atom stereocenters. The van der Waals surface area contributed by atoms with Crippen LogP contribution in [0.25, 0.3) is 0 Å². The standard InChI is InChI=1S/C44H74O20S/c1-18(2)7-10-26(46)19(3)31-28(60-41-38(54)36(52)34(50)29(16-45)61-41)15-25-23-9-8-21-13-22(64-65(55,56)57)14-30(44(21,6)24(23)11-12-43(25,31)5)62-42-39(33(49)27(47)17-58-42)63-40-37(53)35(51)32(48)20(4)59-40/h8,18-20,22-42,45-54H,7,9-17H2,1-6H3,(H,55,56,57). The van der Waals surface area contributed by atoms with E-state index in [1.54, 1.807) is 0 Å². The van der Waals surface area contributed by atoms with Crippen molar-refractivity contribution in [2.24, 2.45) is 46.3 Å². The first kappa shape index (κ1) is 51.8. The molecule has 0 aromatic carbocycles. The molecule has 376 valence electrons. The fourth-order valence-corrected chi connectivity index (χ4v) is 13.5. The lowest BCUT2D eigenvalue weighted by atomic mass is 9.46. The molecule has 7 rings (SSSR count). The van der Waals surface area contributed by atoms with Gasteiger partial charge in [0.1, 0.15) is 61.0 Å². The molecule has 3 saturated carbocycles. The van der Waals surface area contributed by atoms with Gasteiger partial charge >= 0.3 is 10.4 Å². The predicted molar refractivity (Wildman–Crippen MR) is 224 cm³/mol. The quantitative estimate of drug-likeness (QED) is 0.0755. The Balaban J connectivity index is 1.21. The van der Waals surface area contributed by atoms with Crippen molar-refractivity contribution in [2.45, 2.75) is 203 Å². The molecule has 0 aromatic heterocycles. The van der Waals surface area contributed by atoms with Gasteiger partial charge in [-0.3, -0.25) is 4.55 Å². The minimum Gasteiger partial charge on any atom is -0.394 e. The summed E-state index contributed by atoms with van der Waals surface area (Å²) in [6.07, 6.45) is -18.5. The fraction of sp³-hybridized carbons (Fsp3) is 0.955. The zero-order valence-corrected chi connectivity index (χ0v) is 38.8. The molecular weight excluding hydrogens is 881 g/mol. The largest absolute Gasteiger partial charge is 0.397 e. The molecule has 0 aromatic rings. The van der Waals surface area contributed by atoms with Crippen LogP contribution >= 0.6 is 0 Å². The number of fused-ring (bicyclic) bond motifs is 5. The van der Waals surface area contributed by atoms with Crippen LogP contribution in [0.3, 0.4) is 0 Å². The molecule has 3 heterocycles. The molecule has 0 amide bonds. The minimum absolute atomic E-state index is 0.0505. The summed E-state index contributed by atoms with van der Waals surface area (Å²) < 4.78 is 76.3. The number of allylic oxidation sites excluding steroid dienone is 1. The zero-order chi connectivity index (χ0) is 47.7. The van der Waals surface area contributed by atoms with E-state index in [9.17, 15) is 64.0 Å². The highest BCUT2D eigenvalue weighted by molar-refractivity contribution is 7.80. The van der Waals surface area contributed by atoms with Gasteiger partial charge in [-0.25, -0.2) is 4.18 Å². The second-order valence-corrected chi connectivity index (χ2v) is 22.0. The first-order valence-corrected chi connectivity index (χ1v) is 24.7. The van der Waals surface area contributed by atoms with E-state index in [2.05, 4.69) is 26.8 Å². The van der Waals surface area contributed by atoms with Gasteiger partial charge < -0.3 is 79.5 Å². The molecule has 3 saturated heterocycles. The second-order valence-electron chi connectivity index (χ2n) is 21.0. The summed E-state index contributed by atoms with van der Waals surface area (Å²) >= 11 is 0. The summed E-state index contributed by atoms with van der Waals surface area (Å²) in [5.74, 6) is -0.450. The highest BCUT2D eigenvalue weighted by Crippen LogP contribution is 2.68. The Kier molecular flexibility index (Phi) is 15.9. The van der Waals surface area contributed by atoms with Gasteiger partial charge in [0.2, 0.25) is 0 Å². The van der Waals surface area contributed by atoms with Crippen molar-refractivity contribution in [3.63, 3.8) is 0 Å². The van der Waals surface area contributed by atoms with Gasteiger partial charge in [-0.05, 0) is 92.8 Å². The maximum absolute atomic E-state index is 12.2. The van der Waals surface area contributed by atoms with Gasteiger partial charge in [0, 0.05) is 11.8 Å². The van der Waals surface area contributed by atoms with Gasteiger partial charge in [-0.15, -0.1) is 0 Å². The number of rotatable bonds is 14. The van der Waals surface area contributed by atoms with Crippen LogP contribution in [0.15, 0.2) is 11.6 Å². The summed E-state index contributed by atoms with van der Waals surface area (Å²) in [6, 6.07) is 0. The normalized spacial score (nSPS) is 50.2. The molecule has 20 nitrogen and oxygen atoms in total. The topological polar surface area (TPSA) is 321 Å². The summed E-state index contributed by atoms with van der Waals surface area (Å²) in [5.41, 5.74) is -0.482. The summed E-state index contributed by atoms with van der Waals surface area (Å²) in [6.45, 7) is 10.9. The molecule has 6 fully saturated rings. The van der Waals surface area contributed by atoms with E-state index < -0.39 is 138 Å². The van der Waals surface area contributed by atoms with E-state index in [0.29, 0.717) is 38.0 Å². The van der Waals surface area contributed by atoms with Gasteiger partial charge in [0.15, 0.2) is 18.9 Å². The highest BCUT2D eigenvalue weighted by Gasteiger charge is 2.65. The minimum atomic E-state index is -4.92. The van der Waals surface area contributed by atoms with Crippen molar-refractivity contribution in [1.82, 2.24) is 0 Å². The van der Waals surface area contributed by atoms with E-state index in [1.807, 2.05) is 13.8 Å². The second kappa shape index (κ2) is 20.0. The fourth-order valence-electron chi connectivity index (χ4n) is 13.0. The molecule has 4 aliphatic carbocycles. The smallest absolute Gasteiger partial charge is 0.394 e. The van der Waals surface area contributed by atoms with Gasteiger partial charge in [0.25, 0.3) is 0 Å². The third kappa shape index (κ3) is 10.0. The van der Waals surface area contributed by atoms with E-state index in [4.69, 9.17) is 32.6 Å². The van der Waals surface area contributed by atoms with Crippen molar-refractivity contribution < 1.29 is 96.6 Å². The van der Waals surface area contributed by atoms with E-state index >= 15 is 0 Å². The summed E-state index contributed by atoms with van der Waals surface area (Å²) in [5, 5.41) is 108. The van der Waals surface area contributed by atoms with Crippen LogP contribution in [-0.2, 0) is 43.0 Å². The lowest BCUT2D eigenvalue weighted by Gasteiger charge is -2.60. The molecule has 7 aliphatic rings. The Morgan fingerprint density at radius 3 is 2.12 bits per heavy atom. The molecule has 0 bridgehead atoms. The number of hydrogen-bond acceptors (Lipinski definition) is 19. The van der Waals surface area contributed by atoms with Crippen LogP contribution in [0, 0.1) is 46.3 Å². The van der Waals surface area contributed by atoms with E-state index in [-0.39, 0.29) is 49.0 Å². The van der Waals surface area contributed by atoms with Gasteiger partial charge in [-0.2, -0.15) is 8.42 Å². The first-order chi connectivity index (χ1) is 30.4. The Morgan fingerprint density at radius 1 is 0.815 bits per heavy atom. The maximum Gasteiger partial charge on any atom is 0.397 e. The molecule has 25 atom stereocenters. The molecular formula is C44H74O20S. The predicted octanol–water partition coefficient (Wildman–Crippen LogP) is -0.732. The lowest BCUT2D eigenvalue weighted by molar-refractivity contribution is -0.362. The first-order valence-electron chi connectivity index (χ1n) is 23.4. The zero-order valence-electron chi connectivity index (χ0n) is 38.0. The SMILES string of the molecule is CC(C)CCC(O)C(C)C1C(OC2OC(CO)C(O)C(O)C2O)CC2C3CC=C4CC(OS(=O)(=O)O)CC(OC5OCC(O)C(O)C5OC5OC(C)C(O)C(O)C5O)C4(C)C3CCC21C. The number of hydrogen-bond donors (Lipinski definition) is 11. The average molecular weight is 955 g/mol.